The van der Waals surface area contributed by atoms with Gasteiger partial charge in [-0.15, -0.1) is 0 Å². The zero-order chi connectivity index (χ0) is 13.4. The van der Waals surface area contributed by atoms with Gasteiger partial charge in [0.1, 0.15) is 12.4 Å². The van der Waals surface area contributed by atoms with E-state index in [0.29, 0.717) is 17.9 Å². The second kappa shape index (κ2) is 4.28. The van der Waals surface area contributed by atoms with Crippen molar-refractivity contribution in [3.8, 4) is 11.1 Å². The number of aromatic nitrogens is 1. The lowest BCUT2D eigenvalue weighted by Crippen LogP contribution is -2.17. The number of hydrogen-bond donors (Lipinski definition) is 2. The molecule has 0 radical (unpaired) electrons. The molecule has 4 N–H and O–H groups in total. The molecule has 19 heavy (non-hydrogen) atoms. The maximum absolute atomic E-state index is 11.3. The molecule has 0 aliphatic carbocycles. The Hall–Kier alpha value is -2.56. The van der Waals surface area contributed by atoms with Crippen molar-refractivity contribution in [3.63, 3.8) is 0 Å². The first-order valence-corrected chi connectivity index (χ1v) is 5.93. The lowest BCUT2D eigenvalue weighted by atomic mass is 9.93. The molecule has 1 aromatic carbocycles. The van der Waals surface area contributed by atoms with Gasteiger partial charge in [0.25, 0.3) is 0 Å². The second-order valence-corrected chi connectivity index (χ2v) is 4.44. The van der Waals surface area contributed by atoms with Crippen LogP contribution in [-0.2, 0) is 22.6 Å². The molecule has 1 aliphatic rings. The van der Waals surface area contributed by atoms with Gasteiger partial charge in [-0.2, -0.15) is 0 Å². The van der Waals surface area contributed by atoms with Crippen LogP contribution in [0.1, 0.15) is 11.1 Å². The van der Waals surface area contributed by atoms with Gasteiger partial charge >= 0.3 is 5.97 Å². The minimum atomic E-state index is -0.202. The summed E-state index contributed by atoms with van der Waals surface area (Å²) in [6.07, 6.45) is 1.92. The topological polar surface area (TPSA) is 91.2 Å². The number of anilines is 2. The highest BCUT2D eigenvalue weighted by Gasteiger charge is 2.20. The lowest BCUT2D eigenvalue weighted by Gasteiger charge is -2.20. The Kier molecular flexibility index (Phi) is 2.59. The van der Waals surface area contributed by atoms with Gasteiger partial charge in [0.2, 0.25) is 0 Å². The number of fused-ring (bicyclic) bond motifs is 1. The van der Waals surface area contributed by atoms with Crippen LogP contribution in [0.3, 0.4) is 0 Å². The molecule has 2 heterocycles. The second-order valence-electron chi connectivity index (χ2n) is 4.44. The largest absolute Gasteiger partial charge is 0.461 e. The molecule has 0 saturated heterocycles. The quantitative estimate of drug-likeness (QED) is 0.754. The number of nitrogen functional groups attached to an aromatic ring is 2. The van der Waals surface area contributed by atoms with E-state index in [0.717, 1.165) is 22.3 Å². The molecule has 0 amide bonds. The van der Waals surface area contributed by atoms with Gasteiger partial charge in [-0.25, -0.2) is 4.98 Å². The minimum Gasteiger partial charge on any atom is -0.461 e. The minimum absolute atomic E-state index is 0.202. The van der Waals surface area contributed by atoms with Crippen molar-refractivity contribution in [1.82, 2.24) is 4.98 Å². The fourth-order valence-corrected chi connectivity index (χ4v) is 2.31. The standard InChI is InChI=1S/C14H13N3O2/c15-13-10(4-5-17-14(13)16)9-3-1-2-8-6-12(18)19-7-11(8)9/h1-5H,6-7,15H2,(H2,16,17). The number of rotatable bonds is 1. The Morgan fingerprint density at radius 2 is 2.00 bits per heavy atom. The van der Waals surface area contributed by atoms with Crippen LogP contribution in [0, 0.1) is 0 Å². The summed E-state index contributed by atoms with van der Waals surface area (Å²) in [5, 5.41) is 0. The SMILES string of the molecule is Nc1nccc(-c2cccc3c2COC(=O)C3)c1N. The average Bonchev–Trinajstić information content (AvgIpc) is 2.41. The predicted molar refractivity (Wildman–Crippen MR) is 72.0 cm³/mol. The van der Waals surface area contributed by atoms with Gasteiger partial charge in [-0.3, -0.25) is 4.79 Å². The van der Waals surface area contributed by atoms with Crippen LogP contribution in [0.5, 0.6) is 0 Å². The summed E-state index contributed by atoms with van der Waals surface area (Å²) in [5.41, 5.74) is 15.9. The van der Waals surface area contributed by atoms with Gasteiger partial charge in [-0.1, -0.05) is 18.2 Å². The first kappa shape index (κ1) is 11.5. The molecule has 96 valence electrons. The molecule has 0 unspecified atom stereocenters. The van der Waals surface area contributed by atoms with Crippen molar-refractivity contribution in [2.24, 2.45) is 0 Å². The van der Waals surface area contributed by atoms with Gasteiger partial charge < -0.3 is 16.2 Å². The van der Waals surface area contributed by atoms with E-state index in [1.807, 2.05) is 24.3 Å². The number of nitrogens with zero attached hydrogens (tertiary/aromatic N) is 1. The molecule has 3 rings (SSSR count). The normalized spacial score (nSPS) is 13.8. The van der Waals surface area contributed by atoms with Crippen molar-refractivity contribution in [2.45, 2.75) is 13.0 Å². The van der Waals surface area contributed by atoms with E-state index < -0.39 is 0 Å². The number of ether oxygens (including phenoxy) is 1. The molecule has 5 heteroatoms. The summed E-state index contributed by atoms with van der Waals surface area (Å²) in [4.78, 5) is 15.3. The van der Waals surface area contributed by atoms with Crippen molar-refractivity contribution in [3.05, 3.63) is 41.6 Å². The van der Waals surface area contributed by atoms with E-state index in [1.165, 1.54) is 0 Å². The van der Waals surface area contributed by atoms with Gasteiger partial charge in [0.15, 0.2) is 0 Å². The number of nitrogens with two attached hydrogens (primary N) is 2. The van der Waals surface area contributed by atoms with Crippen LogP contribution in [0.15, 0.2) is 30.5 Å². The first-order chi connectivity index (χ1) is 9.16. The molecule has 0 spiro atoms. The summed E-state index contributed by atoms with van der Waals surface area (Å²) in [6.45, 7) is 0.270. The van der Waals surface area contributed by atoms with Crippen molar-refractivity contribution >= 4 is 17.5 Å². The van der Waals surface area contributed by atoms with Crippen molar-refractivity contribution in [2.75, 3.05) is 11.5 Å². The Labute approximate surface area is 110 Å². The lowest BCUT2D eigenvalue weighted by molar-refractivity contribution is -0.145. The van der Waals surface area contributed by atoms with Crippen LogP contribution in [0.4, 0.5) is 11.5 Å². The van der Waals surface area contributed by atoms with Crippen molar-refractivity contribution < 1.29 is 9.53 Å². The summed E-state index contributed by atoms with van der Waals surface area (Å²) >= 11 is 0. The summed E-state index contributed by atoms with van der Waals surface area (Å²) in [5.74, 6) is 0.106. The Morgan fingerprint density at radius 1 is 1.16 bits per heavy atom. The fraction of sp³-hybridized carbons (Fsp3) is 0.143. The van der Waals surface area contributed by atoms with Crippen LogP contribution in [0.25, 0.3) is 11.1 Å². The Morgan fingerprint density at radius 3 is 2.84 bits per heavy atom. The third-order valence-corrected chi connectivity index (χ3v) is 3.30. The zero-order valence-corrected chi connectivity index (χ0v) is 10.2. The monoisotopic (exact) mass is 255 g/mol. The van der Waals surface area contributed by atoms with Gasteiger partial charge in [0, 0.05) is 17.3 Å². The summed E-state index contributed by atoms with van der Waals surface area (Å²) < 4.78 is 5.11. The number of hydrogen-bond acceptors (Lipinski definition) is 5. The van der Waals surface area contributed by atoms with Crippen LogP contribution in [0.2, 0.25) is 0 Å². The number of esters is 1. The maximum Gasteiger partial charge on any atom is 0.310 e. The molecule has 0 saturated carbocycles. The first-order valence-electron chi connectivity index (χ1n) is 5.93. The molecule has 1 aliphatic heterocycles. The number of carbonyl (C=O) groups is 1. The molecule has 0 atom stereocenters. The highest BCUT2D eigenvalue weighted by Crippen LogP contribution is 2.34. The summed E-state index contributed by atoms with van der Waals surface area (Å²) in [7, 11) is 0. The fourth-order valence-electron chi connectivity index (χ4n) is 2.31. The van der Waals surface area contributed by atoms with Crippen LogP contribution in [-0.4, -0.2) is 11.0 Å². The molecule has 5 nitrogen and oxygen atoms in total. The Balaban J connectivity index is 2.19. The number of carbonyl (C=O) groups excluding carboxylic acids is 1. The summed E-state index contributed by atoms with van der Waals surface area (Å²) in [6, 6.07) is 7.60. The molecule has 2 aromatic rings. The van der Waals surface area contributed by atoms with E-state index in [9.17, 15) is 4.79 Å². The van der Waals surface area contributed by atoms with Crippen LogP contribution >= 0.6 is 0 Å². The average molecular weight is 255 g/mol. The Bertz CT molecular complexity index is 668. The molecule has 0 fully saturated rings. The van der Waals surface area contributed by atoms with E-state index in [1.54, 1.807) is 6.20 Å². The third kappa shape index (κ3) is 1.89. The maximum atomic E-state index is 11.3. The molecule has 1 aromatic heterocycles. The van der Waals surface area contributed by atoms with Gasteiger partial charge in [0.05, 0.1) is 12.1 Å². The highest BCUT2D eigenvalue weighted by molar-refractivity contribution is 5.86. The molecular weight excluding hydrogens is 242 g/mol. The molecule has 0 bridgehead atoms. The third-order valence-electron chi connectivity index (χ3n) is 3.30. The number of benzene rings is 1. The van der Waals surface area contributed by atoms with E-state index in [-0.39, 0.29) is 12.6 Å². The van der Waals surface area contributed by atoms with E-state index in [2.05, 4.69) is 4.98 Å². The predicted octanol–water partition coefficient (Wildman–Crippen LogP) is 1.51. The zero-order valence-electron chi connectivity index (χ0n) is 10.2. The van der Waals surface area contributed by atoms with E-state index >= 15 is 0 Å². The van der Waals surface area contributed by atoms with E-state index in [4.69, 9.17) is 16.2 Å². The van der Waals surface area contributed by atoms with Gasteiger partial charge in [-0.05, 0) is 17.2 Å². The van der Waals surface area contributed by atoms with Crippen LogP contribution < -0.4 is 11.5 Å². The molecular formula is C14H13N3O2. The highest BCUT2D eigenvalue weighted by atomic mass is 16.5. The van der Waals surface area contributed by atoms with Crippen molar-refractivity contribution in [1.29, 1.82) is 0 Å². The number of pyridine rings is 1. The number of cyclic esters (lactones) is 1. The smallest absolute Gasteiger partial charge is 0.310 e.